The van der Waals surface area contributed by atoms with Gasteiger partial charge in [0.15, 0.2) is 5.96 Å². The first-order valence-corrected chi connectivity index (χ1v) is 7.84. The third-order valence-corrected chi connectivity index (χ3v) is 4.08. The van der Waals surface area contributed by atoms with Crippen LogP contribution >= 0.6 is 0 Å². The van der Waals surface area contributed by atoms with E-state index in [0.29, 0.717) is 11.8 Å². The lowest BCUT2D eigenvalue weighted by Crippen LogP contribution is -2.48. The summed E-state index contributed by atoms with van der Waals surface area (Å²) in [4.78, 5) is 7.02. The van der Waals surface area contributed by atoms with Crippen LogP contribution in [0.5, 0.6) is 0 Å². The van der Waals surface area contributed by atoms with E-state index in [-0.39, 0.29) is 0 Å². The van der Waals surface area contributed by atoms with Crippen LogP contribution in [0.4, 0.5) is 0 Å². The molecule has 3 nitrogen and oxygen atoms in total. The molecule has 1 fully saturated rings. The van der Waals surface area contributed by atoms with Crippen LogP contribution < -0.4 is 5.32 Å². The maximum Gasteiger partial charge on any atom is 0.193 e. The van der Waals surface area contributed by atoms with E-state index in [9.17, 15) is 0 Å². The molecule has 1 N–H and O–H groups in total. The molecule has 1 aromatic rings. The average Bonchev–Trinajstić information content (AvgIpc) is 2.48. The van der Waals surface area contributed by atoms with Crippen LogP contribution in [0.2, 0.25) is 0 Å². The van der Waals surface area contributed by atoms with Crippen LogP contribution in [0, 0.1) is 5.92 Å². The van der Waals surface area contributed by atoms with Gasteiger partial charge in [-0.3, -0.25) is 4.99 Å². The van der Waals surface area contributed by atoms with Gasteiger partial charge >= 0.3 is 0 Å². The highest BCUT2D eigenvalue weighted by molar-refractivity contribution is 5.80. The van der Waals surface area contributed by atoms with Gasteiger partial charge in [-0.05, 0) is 37.7 Å². The zero-order chi connectivity index (χ0) is 14.4. The van der Waals surface area contributed by atoms with Crippen molar-refractivity contribution >= 4 is 5.96 Å². The zero-order valence-corrected chi connectivity index (χ0v) is 13.0. The molecule has 20 heavy (non-hydrogen) atoms. The molecule has 1 aromatic carbocycles. The molecular weight excluding hydrogens is 246 g/mol. The Hall–Kier alpha value is -1.51. The lowest BCUT2D eigenvalue weighted by Gasteiger charge is -2.39. The molecule has 0 bridgehead atoms. The summed E-state index contributed by atoms with van der Waals surface area (Å²) in [6.45, 7) is 10.5. The SMILES string of the molecule is CCN=C(NCC)N1CCC(c2ccccc2)C(C)C1. The predicted molar refractivity (Wildman–Crippen MR) is 86.2 cm³/mol. The number of likely N-dealkylation sites (tertiary alicyclic amines) is 1. The average molecular weight is 273 g/mol. The summed E-state index contributed by atoms with van der Waals surface area (Å²) >= 11 is 0. The first kappa shape index (κ1) is 14.9. The fourth-order valence-corrected chi connectivity index (χ4v) is 3.11. The molecule has 0 saturated carbocycles. The fourth-order valence-electron chi connectivity index (χ4n) is 3.11. The Bertz CT molecular complexity index is 427. The zero-order valence-electron chi connectivity index (χ0n) is 13.0. The fraction of sp³-hybridized carbons (Fsp3) is 0.588. The molecule has 0 spiro atoms. The lowest BCUT2D eigenvalue weighted by molar-refractivity contribution is 0.234. The van der Waals surface area contributed by atoms with Gasteiger partial charge in [0.25, 0.3) is 0 Å². The topological polar surface area (TPSA) is 27.6 Å². The Balaban J connectivity index is 2.03. The largest absolute Gasteiger partial charge is 0.357 e. The van der Waals surface area contributed by atoms with Crippen molar-refractivity contribution < 1.29 is 0 Å². The number of piperidine rings is 1. The molecule has 2 rings (SSSR count). The van der Waals surface area contributed by atoms with Gasteiger partial charge in [-0.25, -0.2) is 0 Å². The minimum absolute atomic E-state index is 0.659. The monoisotopic (exact) mass is 273 g/mol. The smallest absolute Gasteiger partial charge is 0.193 e. The molecule has 0 aliphatic carbocycles. The van der Waals surface area contributed by atoms with Gasteiger partial charge in [-0.2, -0.15) is 0 Å². The van der Waals surface area contributed by atoms with Crippen molar-refractivity contribution in [3.63, 3.8) is 0 Å². The second kappa shape index (κ2) is 7.32. The Morgan fingerprint density at radius 1 is 1.30 bits per heavy atom. The van der Waals surface area contributed by atoms with Gasteiger partial charge in [-0.15, -0.1) is 0 Å². The molecule has 0 radical (unpaired) electrons. The quantitative estimate of drug-likeness (QED) is 0.677. The van der Waals surface area contributed by atoms with Crippen molar-refractivity contribution in [1.82, 2.24) is 10.2 Å². The van der Waals surface area contributed by atoms with E-state index in [1.54, 1.807) is 0 Å². The van der Waals surface area contributed by atoms with Crippen molar-refractivity contribution in [3.8, 4) is 0 Å². The van der Waals surface area contributed by atoms with E-state index < -0.39 is 0 Å². The van der Waals surface area contributed by atoms with Gasteiger partial charge in [0.1, 0.15) is 0 Å². The first-order chi connectivity index (χ1) is 9.76. The summed E-state index contributed by atoms with van der Waals surface area (Å²) in [5, 5.41) is 3.40. The Morgan fingerprint density at radius 2 is 2.05 bits per heavy atom. The number of aliphatic imine (C=N–C) groups is 1. The van der Waals surface area contributed by atoms with Crippen molar-refractivity contribution in [2.45, 2.75) is 33.1 Å². The minimum atomic E-state index is 0.659. The normalized spacial score (nSPS) is 23.8. The summed E-state index contributed by atoms with van der Waals surface area (Å²) in [6, 6.07) is 10.9. The molecule has 2 atom stereocenters. The molecule has 1 aliphatic heterocycles. The number of rotatable bonds is 3. The maximum absolute atomic E-state index is 4.60. The Labute approximate surface area is 123 Å². The Kier molecular flexibility index (Phi) is 5.45. The lowest BCUT2D eigenvalue weighted by atomic mass is 9.82. The van der Waals surface area contributed by atoms with Crippen LogP contribution in [-0.2, 0) is 0 Å². The van der Waals surface area contributed by atoms with Gasteiger partial charge in [-0.1, -0.05) is 37.3 Å². The highest BCUT2D eigenvalue weighted by Crippen LogP contribution is 2.32. The summed E-state index contributed by atoms with van der Waals surface area (Å²) in [7, 11) is 0. The van der Waals surface area contributed by atoms with Crippen LogP contribution in [-0.4, -0.2) is 37.0 Å². The number of hydrogen-bond donors (Lipinski definition) is 1. The number of nitrogens with one attached hydrogen (secondary N) is 1. The third kappa shape index (κ3) is 3.53. The van der Waals surface area contributed by atoms with Crippen LogP contribution in [0.1, 0.15) is 38.7 Å². The molecule has 1 saturated heterocycles. The molecule has 2 unspecified atom stereocenters. The second-order valence-corrected chi connectivity index (χ2v) is 5.56. The van der Waals surface area contributed by atoms with E-state index in [0.717, 1.165) is 32.1 Å². The summed E-state index contributed by atoms with van der Waals surface area (Å²) < 4.78 is 0. The maximum atomic E-state index is 4.60. The van der Waals surface area contributed by atoms with E-state index in [1.165, 1.54) is 12.0 Å². The van der Waals surface area contributed by atoms with Crippen LogP contribution in [0.3, 0.4) is 0 Å². The van der Waals surface area contributed by atoms with Crippen molar-refractivity contribution in [2.75, 3.05) is 26.2 Å². The van der Waals surface area contributed by atoms with Crippen molar-refractivity contribution in [1.29, 1.82) is 0 Å². The van der Waals surface area contributed by atoms with E-state index in [4.69, 9.17) is 0 Å². The number of hydrogen-bond acceptors (Lipinski definition) is 1. The number of guanidine groups is 1. The molecule has 3 heteroatoms. The third-order valence-electron chi connectivity index (χ3n) is 4.08. The van der Waals surface area contributed by atoms with Gasteiger partial charge in [0, 0.05) is 26.2 Å². The molecule has 1 heterocycles. The van der Waals surface area contributed by atoms with Crippen LogP contribution in [0.15, 0.2) is 35.3 Å². The molecule has 1 aliphatic rings. The standard InChI is InChI=1S/C17H27N3/c1-4-18-17(19-5-2)20-12-11-16(14(3)13-20)15-9-7-6-8-10-15/h6-10,14,16H,4-5,11-13H2,1-3H3,(H,18,19). The summed E-state index contributed by atoms with van der Waals surface area (Å²) in [6.07, 6.45) is 1.21. The Morgan fingerprint density at radius 3 is 2.65 bits per heavy atom. The van der Waals surface area contributed by atoms with Crippen molar-refractivity contribution in [3.05, 3.63) is 35.9 Å². The molecule has 110 valence electrons. The minimum Gasteiger partial charge on any atom is -0.357 e. The second-order valence-electron chi connectivity index (χ2n) is 5.56. The molecular formula is C17H27N3. The number of nitrogens with zero attached hydrogens (tertiary/aromatic N) is 2. The van der Waals surface area contributed by atoms with E-state index >= 15 is 0 Å². The number of benzene rings is 1. The molecule has 0 aromatic heterocycles. The molecule has 0 amide bonds. The highest BCUT2D eigenvalue weighted by Gasteiger charge is 2.28. The summed E-state index contributed by atoms with van der Waals surface area (Å²) in [5.74, 6) is 2.41. The highest BCUT2D eigenvalue weighted by atomic mass is 15.3. The van der Waals surface area contributed by atoms with E-state index in [1.807, 2.05) is 0 Å². The summed E-state index contributed by atoms with van der Waals surface area (Å²) in [5.41, 5.74) is 1.48. The van der Waals surface area contributed by atoms with Crippen molar-refractivity contribution in [2.24, 2.45) is 10.9 Å². The van der Waals surface area contributed by atoms with Gasteiger partial charge in [0.05, 0.1) is 0 Å². The predicted octanol–water partition coefficient (Wildman–Crippen LogP) is 3.10. The van der Waals surface area contributed by atoms with Crippen LogP contribution in [0.25, 0.3) is 0 Å². The van der Waals surface area contributed by atoms with Gasteiger partial charge in [0.2, 0.25) is 0 Å². The van der Waals surface area contributed by atoms with Gasteiger partial charge < -0.3 is 10.2 Å². The van der Waals surface area contributed by atoms with E-state index in [2.05, 4.69) is 66.3 Å². The first-order valence-electron chi connectivity index (χ1n) is 7.84.